The van der Waals surface area contributed by atoms with Crippen molar-refractivity contribution >= 4 is 0 Å². The number of quaternary nitrogens is 1. The van der Waals surface area contributed by atoms with Gasteiger partial charge in [0.25, 0.3) is 0 Å². The molecule has 3 aromatic carbocycles. The summed E-state index contributed by atoms with van der Waals surface area (Å²) in [6, 6.07) is 25.1. The van der Waals surface area contributed by atoms with Crippen LogP contribution in [0, 0.1) is 0 Å². The van der Waals surface area contributed by atoms with Crippen molar-refractivity contribution in [2.75, 3.05) is 20.8 Å². The molecule has 3 rings (SSSR count). The average molecular weight is 421 g/mol. The van der Waals surface area contributed by atoms with Gasteiger partial charge in [0.1, 0.15) is 23.8 Å². The molecule has 0 bridgehead atoms. The molecule has 164 valence electrons. The van der Waals surface area contributed by atoms with Crippen LogP contribution >= 0.6 is 0 Å². The summed E-state index contributed by atoms with van der Waals surface area (Å²) in [7, 11) is 3.44. The number of benzene rings is 3. The molecule has 0 unspecified atom stereocenters. The lowest BCUT2D eigenvalue weighted by Gasteiger charge is -2.20. The van der Waals surface area contributed by atoms with Crippen LogP contribution in [0.25, 0.3) is 0 Å². The molecule has 0 aliphatic rings. The third-order valence-electron chi connectivity index (χ3n) is 5.37. The van der Waals surface area contributed by atoms with Crippen LogP contribution in [0.5, 0.6) is 17.2 Å². The van der Waals surface area contributed by atoms with E-state index in [2.05, 4.69) is 53.8 Å². The molecule has 0 aromatic heterocycles. The minimum Gasteiger partial charge on any atom is -0.497 e. The summed E-state index contributed by atoms with van der Waals surface area (Å²) in [5.74, 6) is 3.00. The van der Waals surface area contributed by atoms with E-state index in [4.69, 9.17) is 14.2 Å². The van der Waals surface area contributed by atoms with Gasteiger partial charge in [-0.2, -0.15) is 0 Å². The van der Waals surface area contributed by atoms with Gasteiger partial charge in [0.05, 0.1) is 26.9 Å². The highest BCUT2D eigenvalue weighted by atomic mass is 16.5. The Morgan fingerprint density at radius 1 is 0.774 bits per heavy atom. The molecule has 0 spiro atoms. The Morgan fingerprint density at radius 3 is 2.10 bits per heavy atom. The fourth-order valence-corrected chi connectivity index (χ4v) is 3.82. The maximum atomic E-state index is 5.73. The number of methoxy groups -OCH3 is 2. The van der Waals surface area contributed by atoms with Crippen molar-refractivity contribution in [1.29, 1.82) is 0 Å². The van der Waals surface area contributed by atoms with Crippen molar-refractivity contribution in [3.8, 4) is 17.2 Å². The Balaban J connectivity index is 1.66. The minimum atomic E-state index is 0.197. The van der Waals surface area contributed by atoms with Crippen molar-refractivity contribution in [3.05, 3.63) is 89.5 Å². The monoisotopic (exact) mass is 420 g/mol. The molecule has 4 nitrogen and oxygen atoms in total. The highest BCUT2D eigenvalue weighted by molar-refractivity contribution is 5.43. The molecule has 4 heteroatoms. The second kappa shape index (κ2) is 11.4. The van der Waals surface area contributed by atoms with Gasteiger partial charge in [0.15, 0.2) is 0 Å². The Bertz CT molecular complexity index is 920. The lowest BCUT2D eigenvalue weighted by molar-refractivity contribution is -0.671. The SMILES string of the molecule is COc1ccc([C@@H](CC[NH2+]Cc2ccc(OC(C)C)cc2)c2ccccc2OC)cc1. The molecule has 0 aliphatic carbocycles. The third kappa shape index (κ3) is 6.50. The Morgan fingerprint density at radius 2 is 1.45 bits per heavy atom. The van der Waals surface area contributed by atoms with Crippen molar-refractivity contribution in [3.63, 3.8) is 0 Å². The number of nitrogens with two attached hydrogens (primary N) is 1. The lowest BCUT2D eigenvalue weighted by Crippen LogP contribution is -2.82. The summed E-state index contributed by atoms with van der Waals surface area (Å²) in [4.78, 5) is 0. The Hall–Kier alpha value is -2.98. The first-order valence-corrected chi connectivity index (χ1v) is 10.9. The number of rotatable bonds is 11. The van der Waals surface area contributed by atoms with Crippen molar-refractivity contribution in [2.24, 2.45) is 0 Å². The summed E-state index contributed by atoms with van der Waals surface area (Å²) in [5.41, 5.74) is 3.79. The quantitative estimate of drug-likeness (QED) is 0.454. The first-order chi connectivity index (χ1) is 15.1. The van der Waals surface area contributed by atoms with Crippen LogP contribution in [0.2, 0.25) is 0 Å². The summed E-state index contributed by atoms with van der Waals surface area (Å²) in [6.45, 7) is 6.05. The number of hydrogen-bond donors (Lipinski definition) is 1. The molecule has 0 aliphatic heterocycles. The van der Waals surface area contributed by atoms with Gasteiger partial charge in [-0.05, 0) is 61.9 Å². The highest BCUT2D eigenvalue weighted by Gasteiger charge is 2.19. The van der Waals surface area contributed by atoms with E-state index < -0.39 is 0 Å². The van der Waals surface area contributed by atoms with Gasteiger partial charge in [0, 0.05) is 23.5 Å². The molecule has 0 amide bonds. The Kier molecular flexibility index (Phi) is 8.36. The van der Waals surface area contributed by atoms with Crippen molar-refractivity contribution in [1.82, 2.24) is 0 Å². The van der Waals surface area contributed by atoms with E-state index in [1.807, 2.05) is 38.1 Å². The first-order valence-electron chi connectivity index (χ1n) is 10.9. The zero-order chi connectivity index (χ0) is 22.1. The van der Waals surface area contributed by atoms with Gasteiger partial charge in [-0.3, -0.25) is 0 Å². The summed E-state index contributed by atoms with van der Waals surface area (Å²) in [5, 5.41) is 2.37. The van der Waals surface area contributed by atoms with Gasteiger partial charge < -0.3 is 19.5 Å². The minimum absolute atomic E-state index is 0.197. The van der Waals surface area contributed by atoms with Gasteiger partial charge in [0.2, 0.25) is 0 Å². The summed E-state index contributed by atoms with van der Waals surface area (Å²) in [6.07, 6.45) is 1.21. The second-order valence-electron chi connectivity index (χ2n) is 7.95. The molecule has 1 atom stereocenters. The van der Waals surface area contributed by atoms with E-state index in [1.54, 1.807) is 14.2 Å². The molecule has 0 saturated heterocycles. The molecule has 0 saturated carbocycles. The van der Waals surface area contributed by atoms with E-state index in [9.17, 15) is 0 Å². The van der Waals surface area contributed by atoms with Crippen molar-refractivity contribution in [2.45, 2.75) is 38.8 Å². The standard InChI is InChI=1S/C27H33NO3/c1-20(2)31-24-13-9-21(10-14-24)19-28-18-17-25(22-11-15-23(29-3)16-12-22)26-7-5-6-8-27(26)30-4/h5-16,20,25,28H,17-19H2,1-4H3/p+1/t25-/m1/s1. The molecular weight excluding hydrogens is 386 g/mol. The molecule has 31 heavy (non-hydrogen) atoms. The zero-order valence-corrected chi connectivity index (χ0v) is 19.0. The maximum Gasteiger partial charge on any atom is 0.122 e. The normalized spacial score (nSPS) is 11.9. The van der Waals surface area contributed by atoms with Gasteiger partial charge in [-0.15, -0.1) is 0 Å². The van der Waals surface area contributed by atoms with Gasteiger partial charge in [-0.1, -0.05) is 30.3 Å². The highest BCUT2D eigenvalue weighted by Crippen LogP contribution is 2.34. The maximum absolute atomic E-state index is 5.73. The lowest BCUT2D eigenvalue weighted by atomic mass is 9.88. The molecule has 2 N–H and O–H groups in total. The van der Waals surface area contributed by atoms with Crippen LogP contribution in [0.4, 0.5) is 0 Å². The number of hydrogen-bond acceptors (Lipinski definition) is 3. The fraction of sp³-hybridized carbons (Fsp3) is 0.333. The van der Waals surface area contributed by atoms with E-state index in [-0.39, 0.29) is 12.0 Å². The predicted octanol–water partition coefficient (Wildman–Crippen LogP) is 4.78. The average Bonchev–Trinajstić information content (AvgIpc) is 2.80. The smallest absolute Gasteiger partial charge is 0.122 e. The van der Waals surface area contributed by atoms with Crippen LogP contribution in [-0.2, 0) is 6.54 Å². The van der Waals surface area contributed by atoms with Gasteiger partial charge in [-0.25, -0.2) is 0 Å². The second-order valence-corrected chi connectivity index (χ2v) is 7.95. The van der Waals surface area contributed by atoms with Gasteiger partial charge >= 0.3 is 0 Å². The summed E-state index contributed by atoms with van der Waals surface area (Å²) < 4.78 is 16.7. The van der Waals surface area contributed by atoms with Crippen molar-refractivity contribution < 1.29 is 19.5 Å². The van der Waals surface area contributed by atoms with Crippen LogP contribution in [0.3, 0.4) is 0 Å². The Labute approximate surface area is 186 Å². The van der Waals surface area contributed by atoms with Crippen LogP contribution < -0.4 is 19.5 Å². The van der Waals surface area contributed by atoms with Crippen LogP contribution in [0.1, 0.15) is 42.9 Å². The molecule has 3 aromatic rings. The summed E-state index contributed by atoms with van der Waals surface area (Å²) >= 11 is 0. The van der Waals surface area contributed by atoms with E-state index in [0.717, 1.165) is 36.8 Å². The van der Waals surface area contributed by atoms with E-state index in [1.165, 1.54) is 16.7 Å². The fourth-order valence-electron chi connectivity index (χ4n) is 3.82. The van der Waals surface area contributed by atoms with Crippen LogP contribution in [-0.4, -0.2) is 26.9 Å². The van der Waals surface area contributed by atoms with E-state index in [0.29, 0.717) is 0 Å². The first kappa shape index (κ1) is 22.7. The van der Waals surface area contributed by atoms with Crippen LogP contribution in [0.15, 0.2) is 72.8 Å². The third-order valence-corrected chi connectivity index (χ3v) is 5.37. The molecule has 0 heterocycles. The predicted molar refractivity (Wildman–Crippen MR) is 125 cm³/mol. The zero-order valence-electron chi connectivity index (χ0n) is 19.0. The largest absolute Gasteiger partial charge is 0.497 e. The number of para-hydroxylation sites is 1. The molecule has 0 radical (unpaired) electrons. The number of ether oxygens (including phenoxy) is 3. The topological polar surface area (TPSA) is 44.3 Å². The molecular formula is C27H34NO3+. The van der Waals surface area contributed by atoms with E-state index >= 15 is 0 Å². The molecule has 0 fully saturated rings.